The maximum absolute atomic E-state index is 13.8. The van der Waals surface area contributed by atoms with Crippen LogP contribution in [0.3, 0.4) is 0 Å². The van der Waals surface area contributed by atoms with E-state index >= 15 is 0 Å². The van der Waals surface area contributed by atoms with Gasteiger partial charge in [-0.2, -0.15) is 0 Å². The van der Waals surface area contributed by atoms with Crippen LogP contribution in [0.25, 0.3) is 0 Å². The van der Waals surface area contributed by atoms with Crippen molar-refractivity contribution in [2.75, 3.05) is 12.3 Å². The lowest BCUT2D eigenvalue weighted by Crippen LogP contribution is -2.33. The van der Waals surface area contributed by atoms with Gasteiger partial charge in [0.25, 0.3) is 0 Å². The molecular weight excluding hydrogens is 305 g/mol. The topological polar surface area (TPSA) is 12.0 Å². The third-order valence-corrected chi connectivity index (χ3v) is 4.57. The Balaban J connectivity index is 2.00. The minimum atomic E-state index is -0.188. The summed E-state index contributed by atoms with van der Waals surface area (Å²) < 4.78 is 13.8. The molecule has 1 N–H and O–H groups in total. The number of likely N-dealkylation sites (N-methyl/N-ethyl adjacent to an activating group) is 1. The van der Waals surface area contributed by atoms with Crippen molar-refractivity contribution in [1.29, 1.82) is 0 Å². The van der Waals surface area contributed by atoms with Gasteiger partial charge in [-0.1, -0.05) is 36.7 Å². The van der Waals surface area contributed by atoms with Crippen molar-refractivity contribution in [3.63, 3.8) is 0 Å². The lowest BCUT2D eigenvalue weighted by molar-refractivity contribution is 0.545. The number of rotatable bonds is 7. The quantitative estimate of drug-likeness (QED) is 0.735. The molecule has 1 atom stereocenters. The van der Waals surface area contributed by atoms with Crippen molar-refractivity contribution in [2.24, 2.45) is 0 Å². The van der Waals surface area contributed by atoms with E-state index in [2.05, 4.69) is 24.4 Å². The zero-order valence-corrected chi connectivity index (χ0v) is 13.6. The van der Waals surface area contributed by atoms with Crippen LogP contribution in [-0.2, 0) is 6.42 Å². The van der Waals surface area contributed by atoms with Crippen molar-refractivity contribution < 1.29 is 4.39 Å². The van der Waals surface area contributed by atoms with Crippen LogP contribution in [0.15, 0.2) is 53.4 Å². The molecule has 0 saturated carbocycles. The SMILES string of the molecule is CCNC(CSc1ccccc1)Cc1cc(Cl)ccc1F. The molecule has 2 rings (SSSR count). The van der Waals surface area contributed by atoms with Crippen LogP contribution in [0.5, 0.6) is 0 Å². The molecule has 0 heterocycles. The summed E-state index contributed by atoms with van der Waals surface area (Å²) >= 11 is 7.74. The second kappa shape index (κ2) is 8.42. The minimum absolute atomic E-state index is 0.188. The van der Waals surface area contributed by atoms with E-state index in [1.807, 2.05) is 18.2 Å². The van der Waals surface area contributed by atoms with Gasteiger partial charge in [0.2, 0.25) is 0 Å². The van der Waals surface area contributed by atoms with Gasteiger partial charge in [0.05, 0.1) is 0 Å². The van der Waals surface area contributed by atoms with Crippen LogP contribution in [0.1, 0.15) is 12.5 Å². The van der Waals surface area contributed by atoms with Crippen molar-refractivity contribution >= 4 is 23.4 Å². The first-order valence-electron chi connectivity index (χ1n) is 7.04. The molecule has 0 fully saturated rings. The number of hydrogen-bond donors (Lipinski definition) is 1. The second-order valence-electron chi connectivity index (χ2n) is 4.82. The van der Waals surface area contributed by atoms with Crippen LogP contribution in [0, 0.1) is 5.82 Å². The lowest BCUT2D eigenvalue weighted by atomic mass is 10.1. The standard InChI is InChI=1S/C17H19ClFNS/c1-2-20-15(12-21-16-6-4-3-5-7-16)11-13-10-14(18)8-9-17(13)19/h3-10,15,20H,2,11-12H2,1H3. The first-order valence-corrected chi connectivity index (χ1v) is 8.40. The van der Waals surface area contributed by atoms with E-state index in [1.54, 1.807) is 23.9 Å². The predicted octanol–water partition coefficient (Wildman–Crippen LogP) is 4.79. The molecule has 0 aromatic heterocycles. The Bertz CT molecular complexity index is 562. The number of benzene rings is 2. The van der Waals surface area contributed by atoms with E-state index in [1.165, 1.54) is 11.0 Å². The maximum Gasteiger partial charge on any atom is 0.126 e. The first kappa shape index (κ1) is 16.3. The summed E-state index contributed by atoms with van der Waals surface area (Å²) in [7, 11) is 0. The Labute approximate surface area is 134 Å². The molecular formula is C17H19ClFNS. The smallest absolute Gasteiger partial charge is 0.126 e. The zero-order chi connectivity index (χ0) is 15.1. The Morgan fingerprint density at radius 3 is 2.67 bits per heavy atom. The Morgan fingerprint density at radius 1 is 1.19 bits per heavy atom. The largest absolute Gasteiger partial charge is 0.313 e. The Kier molecular flexibility index (Phi) is 6.55. The monoisotopic (exact) mass is 323 g/mol. The fourth-order valence-electron chi connectivity index (χ4n) is 2.16. The predicted molar refractivity (Wildman–Crippen MR) is 89.7 cm³/mol. The summed E-state index contributed by atoms with van der Waals surface area (Å²) in [6.07, 6.45) is 0.639. The van der Waals surface area contributed by atoms with Crippen LogP contribution in [-0.4, -0.2) is 18.3 Å². The second-order valence-corrected chi connectivity index (χ2v) is 6.35. The van der Waals surface area contributed by atoms with E-state index in [0.29, 0.717) is 17.0 Å². The molecule has 4 heteroatoms. The average Bonchev–Trinajstić information content (AvgIpc) is 2.50. The highest BCUT2D eigenvalue weighted by molar-refractivity contribution is 7.99. The van der Waals surface area contributed by atoms with Gasteiger partial charge in [-0.3, -0.25) is 0 Å². The third kappa shape index (κ3) is 5.34. The molecule has 0 aliphatic carbocycles. The first-order chi connectivity index (χ1) is 10.2. The maximum atomic E-state index is 13.8. The third-order valence-electron chi connectivity index (χ3n) is 3.16. The van der Waals surface area contributed by atoms with Gasteiger partial charge in [-0.25, -0.2) is 4.39 Å². The van der Waals surface area contributed by atoms with Gasteiger partial charge in [0.15, 0.2) is 0 Å². The molecule has 0 spiro atoms. The van der Waals surface area contributed by atoms with Gasteiger partial charge in [0.1, 0.15) is 5.82 Å². The number of hydrogen-bond acceptors (Lipinski definition) is 2. The molecule has 0 aliphatic heterocycles. The summed E-state index contributed by atoms with van der Waals surface area (Å²) in [5.74, 6) is 0.705. The van der Waals surface area contributed by atoms with Crippen LogP contribution < -0.4 is 5.32 Å². The average molecular weight is 324 g/mol. The van der Waals surface area contributed by atoms with Crippen molar-refractivity contribution in [2.45, 2.75) is 24.3 Å². The lowest BCUT2D eigenvalue weighted by Gasteiger charge is -2.18. The van der Waals surface area contributed by atoms with Crippen molar-refractivity contribution in [3.05, 3.63) is 64.9 Å². The summed E-state index contributed by atoms with van der Waals surface area (Å²) in [5, 5.41) is 4.00. The molecule has 2 aromatic rings. The molecule has 0 aliphatic rings. The summed E-state index contributed by atoms with van der Waals surface area (Å²) in [4.78, 5) is 1.23. The summed E-state index contributed by atoms with van der Waals surface area (Å²) in [6, 6.07) is 15.2. The van der Waals surface area contributed by atoms with E-state index in [-0.39, 0.29) is 11.9 Å². The van der Waals surface area contributed by atoms with Gasteiger partial charge in [-0.05, 0) is 48.9 Å². The Hall–Kier alpha value is -1.03. The number of halogens is 2. The molecule has 1 nitrogen and oxygen atoms in total. The highest BCUT2D eigenvalue weighted by Gasteiger charge is 2.12. The van der Waals surface area contributed by atoms with Crippen LogP contribution in [0.2, 0.25) is 5.02 Å². The molecule has 1 unspecified atom stereocenters. The van der Waals surface area contributed by atoms with Crippen molar-refractivity contribution in [3.8, 4) is 0 Å². The van der Waals surface area contributed by atoms with Crippen LogP contribution in [0.4, 0.5) is 4.39 Å². The van der Waals surface area contributed by atoms with E-state index in [4.69, 9.17) is 11.6 Å². The molecule has 0 radical (unpaired) electrons. The fraction of sp³-hybridized carbons (Fsp3) is 0.294. The number of nitrogens with one attached hydrogen (secondary N) is 1. The highest BCUT2D eigenvalue weighted by Crippen LogP contribution is 2.21. The minimum Gasteiger partial charge on any atom is -0.313 e. The molecule has 112 valence electrons. The zero-order valence-electron chi connectivity index (χ0n) is 12.0. The molecule has 0 amide bonds. The molecule has 0 bridgehead atoms. The Morgan fingerprint density at radius 2 is 1.95 bits per heavy atom. The highest BCUT2D eigenvalue weighted by atomic mass is 35.5. The van der Waals surface area contributed by atoms with E-state index in [0.717, 1.165) is 12.3 Å². The molecule has 0 saturated heterocycles. The van der Waals surface area contributed by atoms with Gasteiger partial charge < -0.3 is 5.32 Å². The molecule has 21 heavy (non-hydrogen) atoms. The fourth-order valence-corrected chi connectivity index (χ4v) is 3.33. The molecule has 2 aromatic carbocycles. The van der Waals surface area contributed by atoms with Gasteiger partial charge >= 0.3 is 0 Å². The van der Waals surface area contributed by atoms with Gasteiger partial charge in [-0.15, -0.1) is 11.8 Å². The van der Waals surface area contributed by atoms with E-state index in [9.17, 15) is 4.39 Å². The van der Waals surface area contributed by atoms with Crippen LogP contribution >= 0.6 is 23.4 Å². The van der Waals surface area contributed by atoms with Gasteiger partial charge in [0, 0.05) is 21.7 Å². The summed E-state index contributed by atoms with van der Waals surface area (Å²) in [5.41, 5.74) is 0.669. The van der Waals surface area contributed by atoms with E-state index < -0.39 is 0 Å². The normalized spacial score (nSPS) is 12.3. The number of thioether (sulfide) groups is 1. The summed E-state index contributed by atoms with van der Waals surface area (Å²) in [6.45, 7) is 2.93. The van der Waals surface area contributed by atoms with Crippen molar-refractivity contribution in [1.82, 2.24) is 5.32 Å².